The lowest BCUT2D eigenvalue weighted by Gasteiger charge is -2.20. The molecule has 0 saturated carbocycles. The van der Waals surface area contributed by atoms with Gasteiger partial charge in [0.25, 0.3) is 0 Å². The highest BCUT2D eigenvalue weighted by Gasteiger charge is 2.09. The predicted molar refractivity (Wildman–Crippen MR) is 72.8 cm³/mol. The molecule has 0 saturated heterocycles. The van der Waals surface area contributed by atoms with Crippen LogP contribution < -0.4 is 10.6 Å². The summed E-state index contributed by atoms with van der Waals surface area (Å²) in [5, 5.41) is 0. The van der Waals surface area contributed by atoms with Crippen LogP contribution in [-0.2, 0) is 13.1 Å². The first kappa shape index (κ1) is 13.5. The lowest BCUT2D eigenvalue weighted by Crippen LogP contribution is -2.18. The fourth-order valence-electron chi connectivity index (χ4n) is 1.96. The highest BCUT2D eigenvalue weighted by Crippen LogP contribution is 2.19. The van der Waals surface area contributed by atoms with Gasteiger partial charge in [-0.3, -0.25) is 0 Å². The zero-order chi connectivity index (χ0) is 13.8. The van der Waals surface area contributed by atoms with E-state index in [1.54, 1.807) is 30.3 Å². The number of halogens is 2. The molecule has 2 rings (SSSR count). The largest absolute Gasteiger partial charge is 0.370 e. The molecule has 2 aromatic rings. The topological polar surface area (TPSA) is 29.3 Å². The number of anilines is 1. The van der Waals surface area contributed by atoms with E-state index in [1.807, 2.05) is 11.9 Å². The Morgan fingerprint density at radius 1 is 1.00 bits per heavy atom. The molecule has 0 aromatic heterocycles. The van der Waals surface area contributed by atoms with Crippen molar-refractivity contribution in [3.05, 3.63) is 65.2 Å². The van der Waals surface area contributed by atoms with Crippen LogP contribution in [0.15, 0.2) is 42.5 Å². The van der Waals surface area contributed by atoms with Crippen molar-refractivity contribution in [3.63, 3.8) is 0 Å². The van der Waals surface area contributed by atoms with Gasteiger partial charge in [0.2, 0.25) is 0 Å². The Hall–Kier alpha value is -1.94. The minimum atomic E-state index is -0.284. The van der Waals surface area contributed by atoms with Gasteiger partial charge in [-0.15, -0.1) is 0 Å². The molecular formula is C15H16F2N2. The van der Waals surface area contributed by atoms with Crippen molar-refractivity contribution in [2.45, 2.75) is 13.1 Å². The van der Waals surface area contributed by atoms with Gasteiger partial charge in [0.05, 0.1) is 0 Å². The van der Waals surface area contributed by atoms with Crippen molar-refractivity contribution in [3.8, 4) is 0 Å². The molecule has 19 heavy (non-hydrogen) atoms. The summed E-state index contributed by atoms with van der Waals surface area (Å²) in [6.45, 7) is 0.589. The van der Waals surface area contributed by atoms with E-state index in [0.717, 1.165) is 5.69 Å². The third kappa shape index (κ3) is 3.09. The van der Waals surface area contributed by atoms with Gasteiger partial charge < -0.3 is 10.6 Å². The first-order valence-electron chi connectivity index (χ1n) is 6.05. The summed E-state index contributed by atoms with van der Waals surface area (Å²) in [6, 6.07) is 11.3. The van der Waals surface area contributed by atoms with Crippen molar-refractivity contribution >= 4 is 5.69 Å². The molecule has 0 spiro atoms. The van der Waals surface area contributed by atoms with E-state index in [4.69, 9.17) is 5.73 Å². The SMILES string of the molecule is CN(Cc1cccc(CN)c1F)c1ccc(F)cc1. The molecule has 100 valence electrons. The summed E-state index contributed by atoms with van der Waals surface area (Å²) in [6.07, 6.45) is 0. The summed E-state index contributed by atoms with van der Waals surface area (Å²) in [4.78, 5) is 1.86. The van der Waals surface area contributed by atoms with Gasteiger partial charge in [-0.05, 0) is 24.3 Å². The third-order valence-electron chi connectivity index (χ3n) is 3.05. The van der Waals surface area contributed by atoms with Crippen LogP contribution >= 0.6 is 0 Å². The van der Waals surface area contributed by atoms with Crippen molar-refractivity contribution in [1.29, 1.82) is 0 Å². The zero-order valence-electron chi connectivity index (χ0n) is 10.7. The lowest BCUT2D eigenvalue weighted by atomic mass is 10.1. The van der Waals surface area contributed by atoms with Crippen molar-refractivity contribution in [1.82, 2.24) is 0 Å². The number of nitrogens with zero attached hydrogens (tertiary/aromatic N) is 1. The molecule has 0 atom stereocenters. The number of hydrogen-bond donors (Lipinski definition) is 1. The van der Waals surface area contributed by atoms with E-state index in [9.17, 15) is 8.78 Å². The molecule has 0 aliphatic heterocycles. The summed E-state index contributed by atoms with van der Waals surface area (Å²) < 4.78 is 26.9. The molecule has 4 heteroatoms. The highest BCUT2D eigenvalue weighted by atomic mass is 19.1. The molecule has 0 fully saturated rings. The monoisotopic (exact) mass is 262 g/mol. The number of hydrogen-bond acceptors (Lipinski definition) is 2. The minimum Gasteiger partial charge on any atom is -0.370 e. The molecule has 0 aliphatic rings. The van der Waals surface area contributed by atoms with E-state index in [1.165, 1.54) is 12.1 Å². The van der Waals surface area contributed by atoms with Gasteiger partial charge in [-0.25, -0.2) is 8.78 Å². The summed E-state index contributed by atoms with van der Waals surface area (Å²) in [5.74, 6) is -0.549. The van der Waals surface area contributed by atoms with Crippen LogP contribution in [0.2, 0.25) is 0 Å². The molecule has 0 bridgehead atoms. The second-order valence-electron chi connectivity index (χ2n) is 4.43. The standard InChI is InChI=1S/C15H16F2N2/c1-19(14-7-5-13(16)6-8-14)10-12-4-2-3-11(9-18)15(12)17/h2-8H,9-10,18H2,1H3. The van der Waals surface area contributed by atoms with Crippen molar-refractivity contribution < 1.29 is 8.78 Å². The highest BCUT2D eigenvalue weighted by molar-refractivity contribution is 5.46. The summed E-state index contributed by atoms with van der Waals surface area (Å²) >= 11 is 0. The van der Waals surface area contributed by atoms with Gasteiger partial charge in [0.15, 0.2) is 0 Å². The fourth-order valence-corrected chi connectivity index (χ4v) is 1.96. The zero-order valence-corrected chi connectivity index (χ0v) is 10.7. The second-order valence-corrected chi connectivity index (χ2v) is 4.43. The molecule has 0 amide bonds. The second kappa shape index (κ2) is 5.80. The average molecular weight is 262 g/mol. The molecule has 2 aromatic carbocycles. The van der Waals surface area contributed by atoms with E-state index in [-0.39, 0.29) is 18.2 Å². The summed E-state index contributed by atoms with van der Waals surface area (Å²) in [7, 11) is 1.84. The normalized spacial score (nSPS) is 10.5. The molecule has 0 unspecified atom stereocenters. The van der Waals surface area contributed by atoms with Crippen LogP contribution in [-0.4, -0.2) is 7.05 Å². The molecule has 2 nitrogen and oxygen atoms in total. The Labute approximate surface area is 111 Å². The molecule has 2 N–H and O–H groups in total. The first-order chi connectivity index (χ1) is 9.11. The van der Waals surface area contributed by atoms with Gasteiger partial charge in [-0.1, -0.05) is 18.2 Å². The average Bonchev–Trinajstić information content (AvgIpc) is 2.42. The van der Waals surface area contributed by atoms with Crippen molar-refractivity contribution in [2.75, 3.05) is 11.9 Å². The van der Waals surface area contributed by atoms with E-state index < -0.39 is 0 Å². The van der Waals surface area contributed by atoms with Crippen LogP contribution in [0.5, 0.6) is 0 Å². The number of nitrogens with two attached hydrogens (primary N) is 1. The Kier molecular flexibility index (Phi) is 4.12. The Morgan fingerprint density at radius 2 is 1.63 bits per heavy atom. The van der Waals surface area contributed by atoms with E-state index in [0.29, 0.717) is 17.7 Å². The molecule has 0 heterocycles. The van der Waals surface area contributed by atoms with Gasteiger partial charge in [0, 0.05) is 37.0 Å². The molecule has 0 radical (unpaired) electrons. The summed E-state index contributed by atoms with van der Waals surface area (Å²) in [5.41, 5.74) is 7.40. The first-order valence-corrected chi connectivity index (χ1v) is 6.05. The Balaban J connectivity index is 2.19. The van der Waals surface area contributed by atoms with Crippen LogP contribution in [0.25, 0.3) is 0 Å². The maximum atomic E-state index is 14.0. The maximum Gasteiger partial charge on any atom is 0.132 e. The van der Waals surface area contributed by atoms with Crippen LogP contribution in [0.3, 0.4) is 0 Å². The van der Waals surface area contributed by atoms with Crippen LogP contribution in [0, 0.1) is 11.6 Å². The van der Waals surface area contributed by atoms with Crippen LogP contribution in [0.4, 0.5) is 14.5 Å². The minimum absolute atomic E-state index is 0.180. The van der Waals surface area contributed by atoms with Gasteiger partial charge in [0.1, 0.15) is 11.6 Å². The molecule has 0 aliphatic carbocycles. The predicted octanol–water partition coefficient (Wildman–Crippen LogP) is 3.06. The molecular weight excluding hydrogens is 246 g/mol. The Morgan fingerprint density at radius 3 is 2.26 bits per heavy atom. The fraction of sp³-hybridized carbons (Fsp3) is 0.200. The quantitative estimate of drug-likeness (QED) is 0.917. The van der Waals surface area contributed by atoms with E-state index in [2.05, 4.69) is 0 Å². The lowest BCUT2D eigenvalue weighted by molar-refractivity contribution is 0.591. The Bertz CT molecular complexity index is 553. The number of benzene rings is 2. The van der Waals surface area contributed by atoms with E-state index >= 15 is 0 Å². The van der Waals surface area contributed by atoms with Gasteiger partial charge in [-0.2, -0.15) is 0 Å². The van der Waals surface area contributed by atoms with Crippen LogP contribution in [0.1, 0.15) is 11.1 Å². The van der Waals surface area contributed by atoms with Crippen molar-refractivity contribution in [2.24, 2.45) is 5.73 Å². The third-order valence-corrected chi connectivity index (χ3v) is 3.05. The van der Waals surface area contributed by atoms with Gasteiger partial charge >= 0.3 is 0 Å². The smallest absolute Gasteiger partial charge is 0.132 e. The number of rotatable bonds is 4. The maximum absolute atomic E-state index is 14.0.